The molecule has 2 aromatic rings. The Morgan fingerprint density at radius 3 is 2.61 bits per heavy atom. The van der Waals surface area contributed by atoms with Gasteiger partial charge in [-0.2, -0.15) is 0 Å². The lowest BCUT2D eigenvalue weighted by molar-refractivity contribution is -0.120. The Bertz CT molecular complexity index is 728. The normalized spacial score (nSPS) is 10.2. The predicted molar refractivity (Wildman–Crippen MR) is 92.7 cm³/mol. The molecule has 0 bridgehead atoms. The second-order valence-corrected chi connectivity index (χ2v) is 6.08. The van der Waals surface area contributed by atoms with Gasteiger partial charge in [0.25, 0.3) is 0 Å². The number of halogens is 1. The largest absolute Gasteiger partial charge is 0.496 e. The Kier molecular flexibility index (Phi) is 5.93. The molecule has 0 saturated carbocycles. The van der Waals surface area contributed by atoms with E-state index in [1.165, 1.54) is 6.92 Å². The molecule has 1 N–H and O–H groups in total. The smallest absolute Gasteiger partial charge is 0.224 e. The third kappa shape index (κ3) is 4.93. The zero-order valence-corrected chi connectivity index (χ0v) is 14.6. The first kappa shape index (κ1) is 17.2. The summed E-state index contributed by atoms with van der Waals surface area (Å²) in [5.41, 5.74) is 2.28. The zero-order chi connectivity index (χ0) is 16.8. The Hall–Kier alpha value is -2.14. The highest BCUT2D eigenvalue weighted by Gasteiger charge is 2.11. The number of hydrogen-bond acceptors (Lipinski definition) is 3. The fourth-order valence-corrected chi connectivity index (χ4v) is 2.67. The van der Waals surface area contributed by atoms with Gasteiger partial charge in [-0.3, -0.25) is 9.59 Å². The molecule has 0 heterocycles. The lowest BCUT2D eigenvalue weighted by Crippen LogP contribution is -2.24. The molecule has 0 atom stereocenters. The molecule has 0 spiro atoms. The first-order chi connectivity index (χ1) is 11.0. The summed E-state index contributed by atoms with van der Waals surface area (Å²) in [4.78, 5) is 23.6. The summed E-state index contributed by atoms with van der Waals surface area (Å²) in [5, 5.41) is 2.87. The van der Waals surface area contributed by atoms with Crippen LogP contribution in [0.5, 0.6) is 5.75 Å². The van der Waals surface area contributed by atoms with Crippen molar-refractivity contribution in [3.8, 4) is 5.75 Å². The SMILES string of the molecule is COc1ccc(C(C)=O)cc1CC(=O)NCc1cccc(Br)c1. The first-order valence-electron chi connectivity index (χ1n) is 7.18. The van der Waals surface area contributed by atoms with Gasteiger partial charge in [-0.15, -0.1) is 0 Å². The molecule has 0 radical (unpaired) electrons. The average Bonchev–Trinajstić information content (AvgIpc) is 2.53. The Morgan fingerprint density at radius 1 is 1.17 bits per heavy atom. The van der Waals surface area contributed by atoms with Crippen LogP contribution in [0.3, 0.4) is 0 Å². The van der Waals surface area contributed by atoms with Crippen molar-refractivity contribution in [1.29, 1.82) is 0 Å². The number of nitrogens with one attached hydrogen (secondary N) is 1. The van der Waals surface area contributed by atoms with Crippen LogP contribution < -0.4 is 10.1 Å². The van der Waals surface area contributed by atoms with Crippen molar-refractivity contribution >= 4 is 27.6 Å². The monoisotopic (exact) mass is 375 g/mol. The van der Waals surface area contributed by atoms with Gasteiger partial charge in [-0.05, 0) is 42.8 Å². The fraction of sp³-hybridized carbons (Fsp3) is 0.222. The molecule has 120 valence electrons. The lowest BCUT2D eigenvalue weighted by Gasteiger charge is -2.10. The van der Waals surface area contributed by atoms with Gasteiger partial charge in [0.05, 0.1) is 13.5 Å². The van der Waals surface area contributed by atoms with Crippen LogP contribution in [-0.4, -0.2) is 18.8 Å². The van der Waals surface area contributed by atoms with E-state index in [9.17, 15) is 9.59 Å². The maximum atomic E-state index is 12.2. The second-order valence-electron chi connectivity index (χ2n) is 5.17. The number of carbonyl (C=O) groups excluding carboxylic acids is 2. The second kappa shape index (κ2) is 7.92. The third-order valence-corrected chi connectivity index (χ3v) is 3.91. The van der Waals surface area contributed by atoms with Crippen molar-refractivity contribution in [3.05, 3.63) is 63.6 Å². The van der Waals surface area contributed by atoms with Gasteiger partial charge < -0.3 is 10.1 Å². The summed E-state index contributed by atoms with van der Waals surface area (Å²) >= 11 is 3.40. The predicted octanol–water partition coefficient (Wildman–Crippen LogP) is 3.52. The van der Waals surface area contributed by atoms with Crippen LogP contribution in [0.1, 0.15) is 28.4 Å². The molecule has 5 heteroatoms. The van der Waals surface area contributed by atoms with E-state index in [-0.39, 0.29) is 18.1 Å². The van der Waals surface area contributed by atoms with Gasteiger partial charge >= 0.3 is 0 Å². The molecular weight excluding hydrogens is 358 g/mol. The minimum Gasteiger partial charge on any atom is -0.496 e. The number of Topliss-reactive ketones (excluding diaryl/α,β-unsaturated/α-hetero) is 1. The van der Waals surface area contributed by atoms with Crippen molar-refractivity contribution in [2.45, 2.75) is 19.9 Å². The standard InChI is InChI=1S/C18H18BrNO3/c1-12(21)14-6-7-17(23-2)15(9-14)10-18(22)20-11-13-4-3-5-16(19)8-13/h3-9H,10-11H2,1-2H3,(H,20,22). The van der Waals surface area contributed by atoms with Crippen LogP contribution in [0.4, 0.5) is 0 Å². The molecule has 2 rings (SSSR count). The number of hydrogen-bond donors (Lipinski definition) is 1. The van der Waals surface area contributed by atoms with Gasteiger partial charge in [0.1, 0.15) is 5.75 Å². The van der Waals surface area contributed by atoms with Crippen LogP contribution in [0.25, 0.3) is 0 Å². The summed E-state index contributed by atoms with van der Waals surface area (Å²) in [5.74, 6) is 0.444. The third-order valence-electron chi connectivity index (χ3n) is 3.42. The van der Waals surface area contributed by atoms with Crippen molar-refractivity contribution < 1.29 is 14.3 Å². The van der Waals surface area contributed by atoms with Crippen LogP contribution in [0, 0.1) is 0 Å². The highest BCUT2D eigenvalue weighted by molar-refractivity contribution is 9.10. The number of benzene rings is 2. The van der Waals surface area contributed by atoms with E-state index in [1.54, 1.807) is 25.3 Å². The molecule has 1 amide bonds. The average molecular weight is 376 g/mol. The summed E-state index contributed by atoms with van der Waals surface area (Å²) in [6, 6.07) is 12.9. The zero-order valence-electron chi connectivity index (χ0n) is 13.1. The summed E-state index contributed by atoms with van der Waals surface area (Å²) in [6.45, 7) is 1.95. The van der Waals surface area contributed by atoms with E-state index in [0.29, 0.717) is 23.4 Å². The van der Waals surface area contributed by atoms with E-state index in [1.807, 2.05) is 24.3 Å². The van der Waals surface area contributed by atoms with Gasteiger partial charge in [0.15, 0.2) is 5.78 Å². The molecule has 2 aromatic carbocycles. The van der Waals surface area contributed by atoms with Gasteiger partial charge in [0, 0.05) is 22.1 Å². The maximum Gasteiger partial charge on any atom is 0.224 e. The fourth-order valence-electron chi connectivity index (χ4n) is 2.22. The molecule has 4 nitrogen and oxygen atoms in total. The molecule has 0 aliphatic rings. The molecule has 0 unspecified atom stereocenters. The summed E-state index contributed by atoms with van der Waals surface area (Å²) < 4.78 is 6.23. The van der Waals surface area contributed by atoms with E-state index < -0.39 is 0 Å². The number of methoxy groups -OCH3 is 1. The van der Waals surface area contributed by atoms with Crippen molar-refractivity contribution in [1.82, 2.24) is 5.32 Å². The van der Waals surface area contributed by atoms with E-state index in [2.05, 4.69) is 21.2 Å². The summed E-state index contributed by atoms with van der Waals surface area (Å²) in [7, 11) is 1.55. The topological polar surface area (TPSA) is 55.4 Å². The molecule has 0 aromatic heterocycles. The number of amides is 1. The van der Waals surface area contributed by atoms with Crippen molar-refractivity contribution in [2.24, 2.45) is 0 Å². The quantitative estimate of drug-likeness (QED) is 0.785. The van der Waals surface area contributed by atoms with E-state index in [0.717, 1.165) is 10.0 Å². The van der Waals surface area contributed by atoms with Gasteiger partial charge in [-0.25, -0.2) is 0 Å². The molecule has 0 aliphatic carbocycles. The molecular formula is C18H18BrNO3. The minimum atomic E-state index is -0.121. The Labute approximate surface area is 144 Å². The maximum absolute atomic E-state index is 12.2. The van der Waals surface area contributed by atoms with E-state index in [4.69, 9.17) is 4.74 Å². The molecule has 0 aliphatic heterocycles. The van der Waals surface area contributed by atoms with Crippen LogP contribution in [-0.2, 0) is 17.8 Å². The van der Waals surface area contributed by atoms with Crippen LogP contribution in [0.15, 0.2) is 46.9 Å². The van der Waals surface area contributed by atoms with Gasteiger partial charge in [-0.1, -0.05) is 28.1 Å². The molecule has 23 heavy (non-hydrogen) atoms. The number of carbonyl (C=O) groups is 2. The van der Waals surface area contributed by atoms with Gasteiger partial charge in [0.2, 0.25) is 5.91 Å². The minimum absolute atomic E-state index is 0.0385. The summed E-state index contributed by atoms with van der Waals surface area (Å²) in [6.07, 6.45) is 0.165. The number of rotatable bonds is 6. The highest BCUT2D eigenvalue weighted by Crippen LogP contribution is 2.21. The van der Waals surface area contributed by atoms with Crippen molar-refractivity contribution in [3.63, 3.8) is 0 Å². The van der Waals surface area contributed by atoms with Crippen LogP contribution in [0.2, 0.25) is 0 Å². The molecule has 0 saturated heterocycles. The number of ether oxygens (including phenoxy) is 1. The Morgan fingerprint density at radius 2 is 1.96 bits per heavy atom. The number of ketones is 1. The first-order valence-corrected chi connectivity index (χ1v) is 7.98. The van der Waals surface area contributed by atoms with E-state index >= 15 is 0 Å². The van der Waals surface area contributed by atoms with Crippen LogP contribution >= 0.6 is 15.9 Å². The Balaban J connectivity index is 2.04. The lowest BCUT2D eigenvalue weighted by atomic mass is 10.0. The highest BCUT2D eigenvalue weighted by atomic mass is 79.9. The molecule has 0 fully saturated rings. The van der Waals surface area contributed by atoms with Crippen molar-refractivity contribution in [2.75, 3.05) is 7.11 Å².